The van der Waals surface area contributed by atoms with Gasteiger partial charge in [0, 0.05) is 5.56 Å². The average molecular weight is 245 g/mol. The molecule has 3 rings (SSSR count). The summed E-state index contributed by atoms with van der Waals surface area (Å²) in [6, 6.07) is 6.36. The molecule has 0 atom stereocenters. The third kappa shape index (κ3) is 1.65. The quantitative estimate of drug-likeness (QED) is 0.721. The Morgan fingerprint density at radius 2 is 2.17 bits per heavy atom. The smallest absolute Gasteiger partial charge is 0.280 e. The lowest BCUT2D eigenvalue weighted by atomic mass is 10.2. The molecule has 0 unspecified atom stereocenters. The zero-order chi connectivity index (χ0) is 12.5. The standard InChI is InChI=1S/C11H8FN5O/c12-8-4-2-1-3-7(8)5-17-10-9(15-16-17)11(18)14-6-13-10/h1-4,6H,5H2,(H,13,14,18). The molecule has 0 aliphatic heterocycles. The Bertz CT molecular complexity index is 763. The summed E-state index contributed by atoms with van der Waals surface area (Å²) in [5.41, 5.74) is 0.585. The maximum Gasteiger partial charge on any atom is 0.280 e. The van der Waals surface area contributed by atoms with Crippen LogP contribution in [0.1, 0.15) is 5.56 Å². The van der Waals surface area contributed by atoms with Gasteiger partial charge >= 0.3 is 0 Å². The van der Waals surface area contributed by atoms with E-state index in [4.69, 9.17) is 0 Å². The molecule has 0 bridgehead atoms. The van der Waals surface area contributed by atoms with Crippen LogP contribution in [0.5, 0.6) is 0 Å². The Balaban J connectivity index is 2.09. The maximum absolute atomic E-state index is 13.5. The fourth-order valence-electron chi connectivity index (χ4n) is 1.70. The van der Waals surface area contributed by atoms with E-state index < -0.39 is 0 Å². The van der Waals surface area contributed by atoms with Crippen LogP contribution in [0.15, 0.2) is 35.4 Å². The molecule has 1 N–H and O–H groups in total. The highest BCUT2D eigenvalue weighted by molar-refractivity contribution is 5.67. The highest BCUT2D eigenvalue weighted by Gasteiger charge is 2.10. The Kier molecular flexibility index (Phi) is 2.36. The second-order valence-electron chi connectivity index (χ2n) is 3.74. The van der Waals surface area contributed by atoms with Crippen LogP contribution < -0.4 is 5.56 Å². The minimum Gasteiger partial charge on any atom is -0.311 e. The molecule has 18 heavy (non-hydrogen) atoms. The first kappa shape index (κ1) is 10.6. The monoisotopic (exact) mass is 245 g/mol. The molecule has 0 aliphatic rings. The van der Waals surface area contributed by atoms with Crippen LogP contribution in [0.3, 0.4) is 0 Å². The van der Waals surface area contributed by atoms with Gasteiger partial charge in [-0.15, -0.1) is 5.10 Å². The molecule has 0 radical (unpaired) electrons. The first-order chi connectivity index (χ1) is 8.75. The number of H-pyrrole nitrogens is 1. The molecular weight excluding hydrogens is 237 g/mol. The van der Waals surface area contributed by atoms with Gasteiger partial charge in [-0.05, 0) is 6.07 Å². The second kappa shape index (κ2) is 4.02. The van der Waals surface area contributed by atoms with Crippen LogP contribution in [-0.2, 0) is 6.54 Å². The fourth-order valence-corrected chi connectivity index (χ4v) is 1.70. The first-order valence-corrected chi connectivity index (χ1v) is 5.26. The summed E-state index contributed by atoms with van der Waals surface area (Å²) in [5.74, 6) is -0.328. The molecule has 0 aliphatic carbocycles. The summed E-state index contributed by atoms with van der Waals surface area (Å²) in [4.78, 5) is 17.8. The zero-order valence-electron chi connectivity index (χ0n) is 9.17. The SMILES string of the molecule is O=c1[nH]cnc2c1nnn2Cc1ccccc1F. The summed E-state index contributed by atoms with van der Waals surface area (Å²) in [6.07, 6.45) is 1.27. The van der Waals surface area contributed by atoms with Crippen LogP contribution in [0.25, 0.3) is 11.2 Å². The van der Waals surface area contributed by atoms with Crippen LogP contribution in [0, 0.1) is 5.82 Å². The van der Waals surface area contributed by atoms with Crippen molar-refractivity contribution in [2.24, 2.45) is 0 Å². The summed E-state index contributed by atoms with van der Waals surface area (Å²) in [5, 5.41) is 7.54. The number of nitrogens with one attached hydrogen (secondary N) is 1. The van der Waals surface area contributed by atoms with E-state index in [1.807, 2.05) is 0 Å². The minimum absolute atomic E-state index is 0.147. The molecule has 90 valence electrons. The van der Waals surface area contributed by atoms with Crippen molar-refractivity contribution in [2.75, 3.05) is 0 Å². The van der Waals surface area contributed by atoms with E-state index in [2.05, 4.69) is 20.3 Å². The van der Waals surface area contributed by atoms with Crippen molar-refractivity contribution < 1.29 is 4.39 Å². The fraction of sp³-hybridized carbons (Fsp3) is 0.0909. The zero-order valence-corrected chi connectivity index (χ0v) is 9.17. The number of hydrogen-bond donors (Lipinski definition) is 1. The van der Waals surface area contributed by atoms with Gasteiger partial charge in [0.1, 0.15) is 5.82 Å². The molecule has 1 aromatic carbocycles. The Morgan fingerprint density at radius 1 is 1.33 bits per heavy atom. The number of fused-ring (bicyclic) bond motifs is 1. The predicted molar refractivity (Wildman–Crippen MR) is 61.4 cm³/mol. The normalized spacial score (nSPS) is 10.9. The topological polar surface area (TPSA) is 76.5 Å². The third-order valence-corrected chi connectivity index (χ3v) is 2.58. The van der Waals surface area contributed by atoms with Crippen molar-refractivity contribution >= 4 is 11.2 Å². The van der Waals surface area contributed by atoms with E-state index >= 15 is 0 Å². The van der Waals surface area contributed by atoms with Gasteiger partial charge in [0.15, 0.2) is 11.2 Å². The average Bonchev–Trinajstić information content (AvgIpc) is 2.77. The van der Waals surface area contributed by atoms with Crippen molar-refractivity contribution in [2.45, 2.75) is 6.54 Å². The van der Waals surface area contributed by atoms with Crippen LogP contribution in [0.4, 0.5) is 4.39 Å². The van der Waals surface area contributed by atoms with E-state index in [0.29, 0.717) is 11.2 Å². The van der Waals surface area contributed by atoms with Gasteiger partial charge in [0.2, 0.25) is 0 Å². The highest BCUT2D eigenvalue weighted by Crippen LogP contribution is 2.10. The number of rotatable bonds is 2. The van der Waals surface area contributed by atoms with Crippen molar-refractivity contribution in [3.05, 3.63) is 52.3 Å². The molecule has 0 spiro atoms. The van der Waals surface area contributed by atoms with Gasteiger partial charge < -0.3 is 4.98 Å². The number of aromatic nitrogens is 5. The van der Waals surface area contributed by atoms with Crippen molar-refractivity contribution in [3.63, 3.8) is 0 Å². The molecule has 2 aromatic heterocycles. The molecule has 0 saturated carbocycles. The van der Waals surface area contributed by atoms with E-state index in [1.54, 1.807) is 18.2 Å². The first-order valence-electron chi connectivity index (χ1n) is 5.26. The maximum atomic E-state index is 13.5. The lowest BCUT2D eigenvalue weighted by molar-refractivity contribution is 0.582. The van der Waals surface area contributed by atoms with E-state index in [9.17, 15) is 9.18 Å². The van der Waals surface area contributed by atoms with Gasteiger partial charge in [-0.1, -0.05) is 23.4 Å². The molecule has 0 fully saturated rings. The van der Waals surface area contributed by atoms with Crippen molar-refractivity contribution in [3.8, 4) is 0 Å². The molecule has 0 saturated heterocycles. The van der Waals surface area contributed by atoms with Gasteiger partial charge in [-0.25, -0.2) is 14.1 Å². The second-order valence-corrected chi connectivity index (χ2v) is 3.74. The summed E-state index contributed by atoms with van der Waals surface area (Å²) in [6.45, 7) is 0.180. The van der Waals surface area contributed by atoms with Crippen LogP contribution in [-0.4, -0.2) is 25.0 Å². The number of nitrogens with zero attached hydrogens (tertiary/aromatic N) is 4. The largest absolute Gasteiger partial charge is 0.311 e. The number of halogens is 1. The van der Waals surface area contributed by atoms with Gasteiger partial charge in [0.25, 0.3) is 5.56 Å². The van der Waals surface area contributed by atoms with Gasteiger partial charge in [-0.3, -0.25) is 4.79 Å². The number of benzene rings is 1. The highest BCUT2D eigenvalue weighted by atomic mass is 19.1. The summed E-state index contributed by atoms with van der Waals surface area (Å²) < 4.78 is 14.9. The lowest BCUT2D eigenvalue weighted by Gasteiger charge is -2.02. The minimum atomic E-state index is -0.361. The molecule has 3 aromatic rings. The summed E-state index contributed by atoms with van der Waals surface area (Å²) >= 11 is 0. The third-order valence-electron chi connectivity index (χ3n) is 2.58. The van der Waals surface area contributed by atoms with Crippen molar-refractivity contribution in [1.82, 2.24) is 25.0 Å². The lowest BCUT2D eigenvalue weighted by Crippen LogP contribution is -2.08. The molecule has 7 heteroatoms. The molecular formula is C11H8FN5O. The van der Waals surface area contributed by atoms with Crippen molar-refractivity contribution in [1.29, 1.82) is 0 Å². The molecule has 0 amide bonds. The predicted octanol–water partition coefficient (Wildman–Crippen LogP) is 0.702. The van der Waals surface area contributed by atoms with Crippen LogP contribution in [0.2, 0.25) is 0 Å². The number of aromatic amines is 1. The Morgan fingerprint density at radius 3 is 3.00 bits per heavy atom. The Labute approximate surface area is 100 Å². The molecule has 2 heterocycles. The Hall–Kier alpha value is -2.57. The van der Waals surface area contributed by atoms with E-state index in [-0.39, 0.29) is 23.4 Å². The van der Waals surface area contributed by atoms with Gasteiger partial charge in [-0.2, -0.15) is 0 Å². The molecule has 6 nitrogen and oxygen atoms in total. The van der Waals surface area contributed by atoms with Crippen LogP contribution >= 0.6 is 0 Å². The van der Waals surface area contributed by atoms with Gasteiger partial charge in [0.05, 0.1) is 12.9 Å². The van der Waals surface area contributed by atoms with E-state index in [1.165, 1.54) is 17.1 Å². The van der Waals surface area contributed by atoms with E-state index in [0.717, 1.165) is 0 Å². The number of hydrogen-bond acceptors (Lipinski definition) is 4. The summed E-state index contributed by atoms with van der Waals surface area (Å²) in [7, 11) is 0.